The Hall–Kier alpha value is -5.68. The third-order valence-corrected chi connectivity index (χ3v) is 9.79. The summed E-state index contributed by atoms with van der Waals surface area (Å²) in [6.07, 6.45) is -3.66. The molecule has 0 aliphatic rings. The summed E-state index contributed by atoms with van der Waals surface area (Å²) in [5.41, 5.74) is -3.35. The van der Waals surface area contributed by atoms with Crippen molar-refractivity contribution in [1.29, 1.82) is 0 Å². The van der Waals surface area contributed by atoms with Crippen molar-refractivity contribution in [2.24, 2.45) is 0 Å². The van der Waals surface area contributed by atoms with E-state index >= 15 is 4.39 Å². The molecule has 0 atom stereocenters. The number of nitrogens with one attached hydrogen (secondary N) is 2. The van der Waals surface area contributed by atoms with Crippen LogP contribution in [0.4, 0.5) is 27.6 Å². The van der Waals surface area contributed by atoms with E-state index in [1.807, 2.05) is 11.6 Å². The first-order valence-electron chi connectivity index (χ1n) is 17.1. The Kier molecular flexibility index (Phi) is 12.7. The van der Waals surface area contributed by atoms with Crippen LogP contribution in [0.2, 0.25) is 0 Å². The lowest BCUT2D eigenvalue weighted by Gasteiger charge is -2.14. The first-order valence-corrected chi connectivity index (χ1v) is 18.6. The predicted octanol–water partition coefficient (Wildman–Crippen LogP) is 6.87. The minimum atomic E-state index is -4.91. The zero-order chi connectivity index (χ0) is 39.9. The van der Waals surface area contributed by atoms with Gasteiger partial charge in [0, 0.05) is 29.8 Å². The molecule has 1 heterocycles. The van der Waals surface area contributed by atoms with Crippen LogP contribution < -0.4 is 15.7 Å². The number of amides is 2. The van der Waals surface area contributed by atoms with Gasteiger partial charge in [-0.25, -0.2) is 26.7 Å². The Morgan fingerprint density at radius 2 is 1.64 bits per heavy atom. The van der Waals surface area contributed by atoms with Crippen molar-refractivity contribution >= 4 is 27.5 Å². The van der Waals surface area contributed by atoms with Gasteiger partial charge in [0.2, 0.25) is 5.91 Å². The van der Waals surface area contributed by atoms with E-state index in [-0.39, 0.29) is 47.7 Å². The van der Waals surface area contributed by atoms with E-state index in [0.717, 1.165) is 41.0 Å². The maximum Gasteiger partial charge on any atom is 0.418 e. The van der Waals surface area contributed by atoms with E-state index in [4.69, 9.17) is 4.74 Å². The van der Waals surface area contributed by atoms with Crippen molar-refractivity contribution in [2.75, 3.05) is 18.5 Å². The summed E-state index contributed by atoms with van der Waals surface area (Å²) in [7, 11) is -4.60. The molecule has 0 aliphatic carbocycles. The van der Waals surface area contributed by atoms with Crippen molar-refractivity contribution in [3.63, 3.8) is 0 Å². The second-order valence-corrected chi connectivity index (χ2v) is 13.9. The number of aryl methyl sites for hydroxylation is 1. The molecule has 0 unspecified atom stereocenters. The summed E-state index contributed by atoms with van der Waals surface area (Å²) >= 11 is 0. The fourth-order valence-electron chi connectivity index (χ4n) is 5.66. The fraction of sp³-hybridized carbons (Fsp3) is 0.263. The summed E-state index contributed by atoms with van der Waals surface area (Å²) in [5, 5.41) is 6.74. The van der Waals surface area contributed by atoms with E-state index in [9.17, 15) is 40.4 Å². The number of aromatic nitrogens is 3. The molecule has 4 aromatic carbocycles. The first kappa shape index (κ1) is 40.5. The number of alkyl halides is 3. The van der Waals surface area contributed by atoms with Gasteiger partial charge in [0.25, 0.3) is 15.9 Å². The zero-order valence-corrected chi connectivity index (χ0v) is 30.4. The third-order valence-electron chi connectivity index (χ3n) is 8.40. The molecule has 0 aliphatic heterocycles. The highest BCUT2D eigenvalue weighted by Crippen LogP contribution is 2.35. The van der Waals surface area contributed by atoms with Crippen molar-refractivity contribution in [2.45, 2.75) is 57.1 Å². The van der Waals surface area contributed by atoms with Crippen LogP contribution >= 0.6 is 0 Å². The summed E-state index contributed by atoms with van der Waals surface area (Å²) in [6.45, 7) is 3.63. The number of halogens is 5. The lowest BCUT2D eigenvalue weighted by molar-refractivity contribution is -0.137. The Labute approximate surface area is 312 Å². The molecule has 11 nitrogen and oxygen atoms in total. The van der Waals surface area contributed by atoms with Crippen LogP contribution in [0.5, 0.6) is 0 Å². The fourth-order valence-corrected chi connectivity index (χ4v) is 6.86. The number of nitrogens with zero attached hydrogens (tertiary/aromatic N) is 3. The monoisotopic (exact) mass is 785 g/mol. The van der Waals surface area contributed by atoms with Crippen molar-refractivity contribution in [3.8, 4) is 16.8 Å². The smallest absolute Gasteiger partial charge is 0.381 e. The number of benzene rings is 4. The van der Waals surface area contributed by atoms with E-state index in [1.165, 1.54) is 48.5 Å². The summed E-state index contributed by atoms with van der Waals surface area (Å²) in [5.74, 6) is -3.47. The van der Waals surface area contributed by atoms with Crippen molar-refractivity contribution in [1.82, 2.24) is 19.1 Å². The topological polar surface area (TPSA) is 141 Å². The molecule has 5 rings (SSSR count). The maximum atomic E-state index is 15.9. The molecule has 0 saturated heterocycles. The second kappa shape index (κ2) is 17.2. The molecule has 290 valence electrons. The minimum absolute atomic E-state index is 0.0000486. The number of unbranched alkanes of at least 4 members (excludes halogenated alkanes) is 1. The van der Waals surface area contributed by atoms with Gasteiger partial charge in [-0.15, -0.1) is 5.10 Å². The van der Waals surface area contributed by atoms with Gasteiger partial charge in [0.05, 0.1) is 41.3 Å². The van der Waals surface area contributed by atoms with Gasteiger partial charge in [-0.3, -0.25) is 14.2 Å². The van der Waals surface area contributed by atoms with Crippen LogP contribution in [0, 0.1) is 11.6 Å². The van der Waals surface area contributed by atoms with Gasteiger partial charge in [-0.05, 0) is 61.4 Å². The molecule has 2 amide bonds. The van der Waals surface area contributed by atoms with E-state index in [0.29, 0.717) is 24.1 Å². The quantitative estimate of drug-likeness (QED) is 0.0872. The Morgan fingerprint density at radius 1 is 0.909 bits per heavy atom. The van der Waals surface area contributed by atoms with Gasteiger partial charge >= 0.3 is 11.9 Å². The lowest BCUT2D eigenvalue weighted by atomic mass is 10.0. The highest BCUT2D eigenvalue weighted by atomic mass is 32.2. The molecule has 0 saturated carbocycles. The van der Waals surface area contributed by atoms with Gasteiger partial charge in [0.1, 0.15) is 17.5 Å². The number of rotatable bonds is 15. The van der Waals surface area contributed by atoms with Crippen LogP contribution in [0.15, 0.2) is 94.6 Å². The van der Waals surface area contributed by atoms with Gasteiger partial charge in [-0.1, -0.05) is 55.8 Å². The predicted molar refractivity (Wildman–Crippen MR) is 193 cm³/mol. The molecule has 0 radical (unpaired) electrons. The summed E-state index contributed by atoms with van der Waals surface area (Å²) < 4.78 is 108. The van der Waals surface area contributed by atoms with E-state index in [2.05, 4.69) is 10.4 Å². The second-order valence-electron chi connectivity index (χ2n) is 12.2. The Bertz CT molecular complexity index is 2380. The molecule has 1 aromatic heterocycles. The molecule has 5 aromatic rings. The third kappa shape index (κ3) is 9.53. The van der Waals surface area contributed by atoms with Crippen molar-refractivity contribution in [3.05, 3.63) is 130 Å². The van der Waals surface area contributed by atoms with E-state index in [1.54, 1.807) is 6.92 Å². The van der Waals surface area contributed by atoms with E-state index < -0.39 is 73.6 Å². The van der Waals surface area contributed by atoms with Gasteiger partial charge in [0.15, 0.2) is 0 Å². The zero-order valence-electron chi connectivity index (χ0n) is 29.6. The molecule has 0 fully saturated rings. The number of hydrogen-bond acceptors (Lipinski definition) is 7. The highest BCUT2D eigenvalue weighted by molar-refractivity contribution is 7.90. The maximum absolute atomic E-state index is 15.9. The number of anilines is 1. The van der Waals surface area contributed by atoms with Crippen molar-refractivity contribution < 1.29 is 44.7 Å². The minimum Gasteiger partial charge on any atom is -0.381 e. The summed E-state index contributed by atoms with van der Waals surface area (Å²) in [4.78, 5) is 38.5. The molecular formula is C38H36F5N5O6S. The lowest BCUT2D eigenvalue weighted by Crippen LogP contribution is -2.31. The molecule has 0 spiro atoms. The molecule has 17 heteroatoms. The van der Waals surface area contributed by atoms with Crippen LogP contribution in [-0.4, -0.2) is 47.8 Å². The number of ether oxygens (including phenoxy) is 1. The number of carbonyl (C=O) groups excluding carboxylic acids is 2. The van der Waals surface area contributed by atoms with Crippen LogP contribution in [-0.2, 0) is 38.7 Å². The number of sulfonamides is 1. The normalized spacial score (nSPS) is 11.8. The van der Waals surface area contributed by atoms with Gasteiger partial charge < -0.3 is 10.1 Å². The molecular weight excluding hydrogens is 750 g/mol. The Balaban J connectivity index is 1.49. The number of hydrogen-bond donors (Lipinski definition) is 2. The molecule has 0 bridgehead atoms. The molecule has 2 N–H and O–H groups in total. The van der Waals surface area contributed by atoms with Crippen LogP contribution in [0.1, 0.15) is 60.4 Å². The average molecular weight is 786 g/mol. The largest absolute Gasteiger partial charge is 0.418 e. The Morgan fingerprint density at radius 3 is 2.33 bits per heavy atom. The average Bonchev–Trinajstić information content (AvgIpc) is 3.45. The van der Waals surface area contributed by atoms with Gasteiger partial charge in [-0.2, -0.15) is 17.9 Å². The molecule has 55 heavy (non-hydrogen) atoms. The SMILES string of the molecule is CCCCc1nn(-c2cc(NC(=O)CCOCC)ccc2C(F)(F)F)c(=O)n1Cc1ccc(-c2ccccc2S(=O)(=O)NC(=O)c2ccccc2F)cc1F. The summed E-state index contributed by atoms with van der Waals surface area (Å²) in [6, 6.07) is 16.7. The first-order chi connectivity index (χ1) is 26.1. The van der Waals surface area contributed by atoms with Crippen LogP contribution in [0.3, 0.4) is 0 Å². The standard InChI is InChI=1S/C38H36F5N5O6S/c1-3-5-14-34-45-48(32-22-26(17-18-29(32)38(41,42)43)44-35(49)19-20-54-4-2)37(51)47(34)23-25-16-15-24(21-31(25)40)27-10-7-9-13-33(27)55(52,53)46-36(50)28-11-6-8-12-30(28)39/h6-13,15-18,21-22H,3-5,14,19-20,23H2,1-2H3,(H,44,49)(H,46,50). The highest BCUT2D eigenvalue weighted by Gasteiger charge is 2.35. The number of carbonyl (C=O) groups is 2. The van der Waals surface area contributed by atoms with Crippen LogP contribution in [0.25, 0.3) is 16.8 Å².